The Bertz CT molecular complexity index is 995. The van der Waals surface area contributed by atoms with Crippen LogP contribution in [0.3, 0.4) is 0 Å². The number of nitrogens with one attached hydrogen (secondary N) is 1. The second-order valence-corrected chi connectivity index (χ2v) is 10.2. The molecule has 1 saturated heterocycles. The average molecular weight is 500 g/mol. The number of benzene rings is 3. The van der Waals surface area contributed by atoms with Gasteiger partial charge in [0, 0.05) is 0 Å². The van der Waals surface area contributed by atoms with Crippen LogP contribution in [0, 0.1) is 13.8 Å². The van der Waals surface area contributed by atoms with Gasteiger partial charge in [-0.3, -0.25) is 0 Å². The molecule has 1 N–H and O–H groups in total. The number of unbranched alkanes of at least 4 members (excludes halogenated alkanes) is 2. The summed E-state index contributed by atoms with van der Waals surface area (Å²) < 4.78 is 0. The predicted octanol–water partition coefficient (Wildman–Crippen LogP) is 9.56. The Hall–Kier alpha value is -2.38. The lowest BCUT2D eigenvalue weighted by Crippen LogP contribution is -2.26. The Kier molecular flexibility index (Phi) is 15.0. The van der Waals surface area contributed by atoms with E-state index in [0.717, 1.165) is 18.8 Å². The third-order valence-electron chi connectivity index (χ3n) is 7.68. The molecule has 0 bridgehead atoms. The van der Waals surface area contributed by atoms with Gasteiger partial charge in [0.05, 0.1) is 0 Å². The molecular weight excluding hydrogens is 446 g/mol. The van der Waals surface area contributed by atoms with Crippen molar-refractivity contribution in [1.82, 2.24) is 5.32 Å². The van der Waals surface area contributed by atoms with E-state index in [1.54, 1.807) is 11.1 Å². The summed E-state index contributed by atoms with van der Waals surface area (Å²) in [7, 11) is 0. The molecule has 1 heteroatoms. The largest absolute Gasteiger partial charge is 0.317 e. The minimum atomic E-state index is 0.772. The van der Waals surface area contributed by atoms with Gasteiger partial charge in [-0.2, -0.15) is 0 Å². The summed E-state index contributed by atoms with van der Waals surface area (Å²) in [6.45, 7) is 15.1. The van der Waals surface area contributed by atoms with E-state index in [9.17, 15) is 0 Å². The first-order chi connectivity index (χ1) is 18.1. The van der Waals surface area contributed by atoms with Gasteiger partial charge in [0.15, 0.2) is 0 Å². The molecule has 0 aliphatic carbocycles. The zero-order valence-electron chi connectivity index (χ0n) is 24.7. The Balaban J connectivity index is 0.000000336. The lowest BCUT2D eigenvalue weighted by molar-refractivity contribution is 0.460. The summed E-state index contributed by atoms with van der Waals surface area (Å²) in [6.07, 6.45) is 11.3. The third-order valence-corrected chi connectivity index (χ3v) is 7.68. The highest BCUT2D eigenvalue weighted by molar-refractivity contribution is 5.30. The van der Waals surface area contributed by atoms with Crippen molar-refractivity contribution in [2.45, 2.75) is 105 Å². The molecule has 0 amide bonds. The lowest BCUT2D eigenvalue weighted by atomic mass is 9.89. The number of aryl methyl sites for hydroxylation is 6. The van der Waals surface area contributed by atoms with Gasteiger partial charge in [-0.15, -0.1) is 0 Å². The van der Waals surface area contributed by atoms with Gasteiger partial charge in [-0.05, 0) is 123 Å². The number of hydrogen-bond acceptors (Lipinski definition) is 1. The minimum absolute atomic E-state index is 0.772. The summed E-state index contributed by atoms with van der Waals surface area (Å²) in [5, 5.41) is 3.45. The summed E-state index contributed by atoms with van der Waals surface area (Å²) in [5.74, 6) is 0.772. The van der Waals surface area contributed by atoms with Crippen LogP contribution in [-0.4, -0.2) is 13.1 Å². The van der Waals surface area contributed by atoms with Crippen molar-refractivity contribution >= 4 is 0 Å². The third kappa shape index (κ3) is 10.9. The van der Waals surface area contributed by atoms with Crippen molar-refractivity contribution in [3.05, 3.63) is 106 Å². The first-order valence-corrected chi connectivity index (χ1v) is 15.0. The van der Waals surface area contributed by atoms with Gasteiger partial charge in [0.1, 0.15) is 0 Å². The van der Waals surface area contributed by atoms with Crippen molar-refractivity contribution in [2.75, 3.05) is 13.1 Å². The summed E-state index contributed by atoms with van der Waals surface area (Å²) >= 11 is 0. The standard InChI is InChI=1S/C24H33N.C10H14.C2H6/c1-2-21-9-6-7-11-22(21)10-5-3-4-8-20-12-14-23(15-13-20)24-16-18-25-19-17-24;1-4-10-6-5-8(2)9(3)7-10;1-2/h6-7,9,11-15,24-25H,2-5,8,10,16-19H2,1H3;5-7H,4H2,1-3H3;1-2H3. The smallest absolute Gasteiger partial charge is 0.00431 e. The summed E-state index contributed by atoms with van der Waals surface area (Å²) in [6, 6.07) is 25.1. The van der Waals surface area contributed by atoms with Crippen LogP contribution < -0.4 is 5.32 Å². The normalized spacial score (nSPS) is 13.2. The molecule has 1 aliphatic rings. The van der Waals surface area contributed by atoms with Crippen LogP contribution in [0.5, 0.6) is 0 Å². The fourth-order valence-electron chi connectivity index (χ4n) is 5.10. The SMILES string of the molecule is CC.CCc1ccc(C)c(C)c1.CCc1ccccc1CCCCCc1ccc(C2CCNCC2)cc1. The van der Waals surface area contributed by atoms with Crippen molar-refractivity contribution < 1.29 is 0 Å². The summed E-state index contributed by atoms with van der Waals surface area (Å²) in [4.78, 5) is 0. The van der Waals surface area contributed by atoms with Crippen LogP contribution in [0.1, 0.15) is 105 Å². The summed E-state index contributed by atoms with van der Waals surface area (Å²) in [5.41, 5.74) is 10.3. The average Bonchev–Trinajstić information content (AvgIpc) is 2.97. The predicted molar refractivity (Wildman–Crippen MR) is 165 cm³/mol. The second-order valence-electron chi connectivity index (χ2n) is 10.2. The minimum Gasteiger partial charge on any atom is -0.317 e. The van der Waals surface area contributed by atoms with Crippen LogP contribution in [-0.2, 0) is 25.7 Å². The maximum atomic E-state index is 3.45. The van der Waals surface area contributed by atoms with E-state index in [1.807, 2.05) is 13.8 Å². The quantitative estimate of drug-likeness (QED) is 0.289. The molecule has 3 aromatic rings. The molecule has 0 radical (unpaired) electrons. The first-order valence-electron chi connectivity index (χ1n) is 15.0. The van der Waals surface area contributed by atoms with Crippen LogP contribution in [0.15, 0.2) is 66.7 Å². The topological polar surface area (TPSA) is 12.0 Å². The van der Waals surface area contributed by atoms with E-state index < -0.39 is 0 Å². The fourth-order valence-corrected chi connectivity index (χ4v) is 5.10. The van der Waals surface area contributed by atoms with Crippen molar-refractivity contribution in [3.8, 4) is 0 Å². The number of rotatable bonds is 9. The molecule has 0 saturated carbocycles. The Morgan fingerprint density at radius 1 is 0.649 bits per heavy atom. The Labute approximate surface area is 229 Å². The molecule has 0 atom stereocenters. The van der Waals surface area contributed by atoms with Crippen LogP contribution >= 0.6 is 0 Å². The molecule has 1 nitrogen and oxygen atoms in total. The molecule has 1 aliphatic heterocycles. The van der Waals surface area contributed by atoms with Gasteiger partial charge in [0.2, 0.25) is 0 Å². The van der Waals surface area contributed by atoms with Gasteiger partial charge in [-0.1, -0.05) is 101 Å². The van der Waals surface area contributed by atoms with E-state index in [0.29, 0.717) is 0 Å². The lowest BCUT2D eigenvalue weighted by Gasteiger charge is -2.23. The van der Waals surface area contributed by atoms with Crippen molar-refractivity contribution in [1.29, 1.82) is 0 Å². The monoisotopic (exact) mass is 499 g/mol. The second kappa shape index (κ2) is 18.0. The first kappa shape index (κ1) is 30.8. The molecular formula is C36H53N. The highest BCUT2D eigenvalue weighted by Gasteiger charge is 2.14. The van der Waals surface area contributed by atoms with Crippen molar-refractivity contribution in [3.63, 3.8) is 0 Å². The van der Waals surface area contributed by atoms with Gasteiger partial charge >= 0.3 is 0 Å². The van der Waals surface area contributed by atoms with Crippen LogP contribution in [0.25, 0.3) is 0 Å². The maximum Gasteiger partial charge on any atom is -0.00431 e. The van der Waals surface area contributed by atoms with E-state index in [1.165, 1.54) is 85.9 Å². The highest BCUT2D eigenvalue weighted by atomic mass is 14.9. The Morgan fingerprint density at radius 3 is 1.89 bits per heavy atom. The van der Waals surface area contributed by atoms with Crippen LogP contribution in [0.4, 0.5) is 0 Å². The molecule has 0 unspecified atom stereocenters. The zero-order valence-corrected chi connectivity index (χ0v) is 24.7. The molecule has 4 rings (SSSR count). The van der Waals surface area contributed by atoms with Gasteiger partial charge < -0.3 is 5.32 Å². The fraction of sp³-hybridized carbons (Fsp3) is 0.500. The molecule has 37 heavy (non-hydrogen) atoms. The highest BCUT2D eigenvalue weighted by Crippen LogP contribution is 2.25. The van der Waals surface area contributed by atoms with E-state index in [2.05, 4.69) is 99.7 Å². The van der Waals surface area contributed by atoms with E-state index >= 15 is 0 Å². The van der Waals surface area contributed by atoms with Gasteiger partial charge in [0.25, 0.3) is 0 Å². The number of hydrogen-bond donors (Lipinski definition) is 1. The number of piperidine rings is 1. The van der Waals surface area contributed by atoms with Crippen molar-refractivity contribution in [2.24, 2.45) is 0 Å². The van der Waals surface area contributed by atoms with E-state index in [4.69, 9.17) is 0 Å². The maximum absolute atomic E-state index is 3.45. The van der Waals surface area contributed by atoms with E-state index in [-0.39, 0.29) is 0 Å². The van der Waals surface area contributed by atoms with Gasteiger partial charge in [-0.25, -0.2) is 0 Å². The zero-order chi connectivity index (χ0) is 26.9. The molecule has 0 aromatic heterocycles. The molecule has 0 spiro atoms. The molecule has 202 valence electrons. The molecule has 1 heterocycles. The Morgan fingerprint density at radius 2 is 1.27 bits per heavy atom. The molecule has 1 fully saturated rings. The van der Waals surface area contributed by atoms with Crippen LogP contribution in [0.2, 0.25) is 0 Å². The molecule has 3 aromatic carbocycles.